The Kier molecular flexibility index (Phi) is 7.93. The van der Waals surface area contributed by atoms with Gasteiger partial charge in [-0.15, -0.1) is 0 Å². The predicted octanol–water partition coefficient (Wildman–Crippen LogP) is 2.02. The Hall–Kier alpha value is -1.99. The maximum absolute atomic E-state index is 11.5. The molecule has 0 spiro atoms. The quantitative estimate of drug-likeness (QED) is 0.549. The number of hydrogen-bond donors (Lipinski definition) is 3. The molecular formula is C16H22N2O2. The van der Waals surface area contributed by atoms with Gasteiger partial charge in [0.15, 0.2) is 0 Å². The first-order valence-electron chi connectivity index (χ1n) is 6.96. The molecule has 1 aromatic carbocycles. The van der Waals surface area contributed by atoms with Crippen LogP contribution in [0.25, 0.3) is 0 Å². The Morgan fingerprint density at radius 1 is 1.25 bits per heavy atom. The maximum atomic E-state index is 11.5. The van der Waals surface area contributed by atoms with Crippen LogP contribution in [-0.2, 0) is 6.54 Å². The molecule has 0 fully saturated rings. The molecule has 0 aliphatic carbocycles. The van der Waals surface area contributed by atoms with Gasteiger partial charge in [-0.25, -0.2) is 4.79 Å². The highest BCUT2D eigenvalue weighted by molar-refractivity contribution is 5.73. The summed E-state index contributed by atoms with van der Waals surface area (Å²) in [7, 11) is 0. The third-order valence-electron chi connectivity index (χ3n) is 2.69. The Morgan fingerprint density at radius 2 is 2.00 bits per heavy atom. The van der Waals surface area contributed by atoms with E-state index < -0.39 is 0 Å². The van der Waals surface area contributed by atoms with Gasteiger partial charge < -0.3 is 15.7 Å². The highest BCUT2D eigenvalue weighted by Crippen LogP contribution is 2.03. The minimum atomic E-state index is -0.134. The van der Waals surface area contributed by atoms with Gasteiger partial charge in [0.2, 0.25) is 0 Å². The molecule has 0 aromatic heterocycles. The molecular weight excluding hydrogens is 252 g/mol. The number of benzene rings is 1. The van der Waals surface area contributed by atoms with E-state index in [-0.39, 0.29) is 12.6 Å². The van der Waals surface area contributed by atoms with Crippen LogP contribution in [0.15, 0.2) is 24.3 Å². The molecule has 1 aromatic rings. The molecule has 0 radical (unpaired) electrons. The van der Waals surface area contributed by atoms with E-state index in [4.69, 9.17) is 5.11 Å². The lowest BCUT2D eigenvalue weighted by atomic mass is 10.1. The largest absolute Gasteiger partial charge is 0.395 e. The number of nitrogens with one attached hydrogen (secondary N) is 2. The van der Waals surface area contributed by atoms with Gasteiger partial charge >= 0.3 is 6.03 Å². The number of urea groups is 1. The van der Waals surface area contributed by atoms with Gasteiger partial charge in [0.25, 0.3) is 0 Å². The fourth-order valence-electron chi connectivity index (χ4n) is 1.55. The monoisotopic (exact) mass is 274 g/mol. The zero-order valence-corrected chi connectivity index (χ0v) is 11.9. The number of hydrogen-bond acceptors (Lipinski definition) is 2. The molecule has 0 aliphatic rings. The van der Waals surface area contributed by atoms with Gasteiger partial charge in [-0.2, -0.15) is 0 Å². The molecule has 4 heteroatoms. The average Bonchev–Trinajstić information content (AvgIpc) is 2.47. The minimum Gasteiger partial charge on any atom is -0.395 e. The van der Waals surface area contributed by atoms with Crippen LogP contribution >= 0.6 is 0 Å². The predicted molar refractivity (Wildman–Crippen MR) is 80.2 cm³/mol. The lowest BCUT2D eigenvalue weighted by Gasteiger charge is -2.07. The van der Waals surface area contributed by atoms with Crippen LogP contribution in [0.3, 0.4) is 0 Å². The third kappa shape index (κ3) is 6.81. The van der Waals surface area contributed by atoms with Gasteiger partial charge in [-0.05, 0) is 24.1 Å². The summed E-state index contributed by atoms with van der Waals surface area (Å²) in [6, 6.07) is 7.57. The maximum Gasteiger partial charge on any atom is 0.315 e. The lowest BCUT2D eigenvalue weighted by Crippen LogP contribution is -2.35. The van der Waals surface area contributed by atoms with E-state index in [1.165, 1.54) is 0 Å². The van der Waals surface area contributed by atoms with E-state index >= 15 is 0 Å². The zero-order chi connectivity index (χ0) is 14.6. The van der Waals surface area contributed by atoms with Crippen LogP contribution in [-0.4, -0.2) is 24.3 Å². The Bertz CT molecular complexity index is 458. The van der Waals surface area contributed by atoms with Crippen LogP contribution in [0.2, 0.25) is 0 Å². The number of rotatable bonds is 6. The van der Waals surface area contributed by atoms with Crippen molar-refractivity contribution in [1.82, 2.24) is 10.6 Å². The Balaban J connectivity index is 2.35. The standard InChI is InChI=1S/C16H22N2O2/c1-2-3-11-17-16(20)18-13-15-9-7-14(8-10-15)6-4-5-12-19/h7-10,19H,2-3,5,11-13H2,1H3,(H2,17,18,20). The number of amides is 2. The molecule has 0 bridgehead atoms. The molecule has 0 aliphatic heterocycles. The van der Waals surface area contributed by atoms with Crippen LogP contribution in [0, 0.1) is 11.8 Å². The summed E-state index contributed by atoms with van der Waals surface area (Å²) in [5.74, 6) is 5.83. The molecule has 0 atom stereocenters. The van der Waals surface area contributed by atoms with Crippen molar-refractivity contribution < 1.29 is 9.90 Å². The van der Waals surface area contributed by atoms with Gasteiger partial charge in [0.05, 0.1) is 6.61 Å². The van der Waals surface area contributed by atoms with E-state index in [9.17, 15) is 4.79 Å². The fraction of sp³-hybridized carbons (Fsp3) is 0.438. The van der Waals surface area contributed by atoms with Crippen molar-refractivity contribution >= 4 is 6.03 Å². The molecule has 1 rings (SSSR count). The summed E-state index contributed by atoms with van der Waals surface area (Å²) in [6.07, 6.45) is 2.55. The van der Waals surface area contributed by atoms with Crippen molar-refractivity contribution in [2.75, 3.05) is 13.2 Å². The number of carbonyl (C=O) groups excluding carboxylic acids is 1. The third-order valence-corrected chi connectivity index (χ3v) is 2.69. The van der Waals surface area contributed by atoms with Crippen molar-refractivity contribution in [2.45, 2.75) is 32.7 Å². The van der Waals surface area contributed by atoms with Crippen molar-refractivity contribution in [3.05, 3.63) is 35.4 Å². The Labute approximate surface area is 120 Å². The second kappa shape index (κ2) is 9.88. The lowest BCUT2D eigenvalue weighted by molar-refractivity contribution is 0.240. The summed E-state index contributed by atoms with van der Waals surface area (Å²) in [4.78, 5) is 11.5. The first-order chi connectivity index (χ1) is 9.76. The molecule has 20 heavy (non-hydrogen) atoms. The van der Waals surface area contributed by atoms with Gasteiger partial charge in [0.1, 0.15) is 0 Å². The summed E-state index contributed by atoms with van der Waals surface area (Å²) < 4.78 is 0. The molecule has 4 nitrogen and oxygen atoms in total. The highest BCUT2D eigenvalue weighted by atomic mass is 16.2. The van der Waals surface area contributed by atoms with Crippen LogP contribution in [0.4, 0.5) is 4.79 Å². The summed E-state index contributed by atoms with van der Waals surface area (Å²) in [5, 5.41) is 14.3. The molecule has 0 saturated heterocycles. The highest BCUT2D eigenvalue weighted by Gasteiger charge is 1.99. The smallest absolute Gasteiger partial charge is 0.315 e. The van der Waals surface area contributed by atoms with Crippen LogP contribution in [0.5, 0.6) is 0 Å². The van der Waals surface area contributed by atoms with Crippen molar-refractivity contribution in [3.63, 3.8) is 0 Å². The molecule has 3 N–H and O–H groups in total. The van der Waals surface area contributed by atoms with Crippen LogP contribution in [0.1, 0.15) is 37.3 Å². The van der Waals surface area contributed by atoms with Gasteiger partial charge in [0, 0.05) is 25.1 Å². The second-order valence-corrected chi connectivity index (χ2v) is 4.44. The van der Waals surface area contributed by atoms with Gasteiger partial charge in [-0.1, -0.05) is 37.3 Å². The van der Waals surface area contributed by atoms with Crippen molar-refractivity contribution in [2.24, 2.45) is 0 Å². The van der Waals surface area contributed by atoms with E-state index in [0.717, 1.165) is 24.0 Å². The number of carbonyl (C=O) groups is 1. The van der Waals surface area contributed by atoms with E-state index in [2.05, 4.69) is 29.4 Å². The Morgan fingerprint density at radius 3 is 2.65 bits per heavy atom. The van der Waals surface area contributed by atoms with E-state index in [1.807, 2.05) is 24.3 Å². The summed E-state index contributed by atoms with van der Waals surface area (Å²) >= 11 is 0. The van der Waals surface area contributed by atoms with E-state index in [0.29, 0.717) is 19.5 Å². The first kappa shape index (κ1) is 16.1. The molecule has 0 heterocycles. The molecule has 0 unspecified atom stereocenters. The topological polar surface area (TPSA) is 61.4 Å². The number of aliphatic hydroxyl groups is 1. The number of aliphatic hydroxyl groups excluding tert-OH is 1. The first-order valence-corrected chi connectivity index (χ1v) is 6.96. The van der Waals surface area contributed by atoms with E-state index in [1.54, 1.807) is 0 Å². The van der Waals surface area contributed by atoms with Crippen molar-refractivity contribution in [1.29, 1.82) is 0 Å². The van der Waals surface area contributed by atoms with Gasteiger partial charge in [-0.3, -0.25) is 0 Å². The minimum absolute atomic E-state index is 0.0855. The van der Waals surface area contributed by atoms with Crippen molar-refractivity contribution in [3.8, 4) is 11.8 Å². The second-order valence-electron chi connectivity index (χ2n) is 4.44. The summed E-state index contributed by atoms with van der Waals surface area (Å²) in [6.45, 7) is 3.39. The SMILES string of the molecule is CCCCNC(=O)NCc1ccc(C#CCCO)cc1. The molecule has 2 amide bonds. The summed E-state index contributed by atoms with van der Waals surface area (Å²) in [5.41, 5.74) is 1.94. The zero-order valence-electron chi connectivity index (χ0n) is 11.9. The molecule has 0 saturated carbocycles. The number of unbranched alkanes of at least 4 members (excludes halogenated alkanes) is 1. The van der Waals surface area contributed by atoms with Crippen LogP contribution < -0.4 is 10.6 Å². The average molecular weight is 274 g/mol. The fourth-order valence-corrected chi connectivity index (χ4v) is 1.55. The normalized spacial score (nSPS) is 9.50. The molecule has 108 valence electrons.